The summed E-state index contributed by atoms with van der Waals surface area (Å²) in [5, 5.41) is 1.28. The highest BCUT2D eigenvalue weighted by atomic mass is 127. The van der Waals surface area contributed by atoms with Gasteiger partial charge in [-0.3, -0.25) is 0 Å². The van der Waals surface area contributed by atoms with Crippen molar-refractivity contribution in [2.45, 2.75) is 6.04 Å². The second-order valence-electron chi connectivity index (χ2n) is 4.80. The Morgan fingerprint density at radius 1 is 1.17 bits per heavy atom. The van der Waals surface area contributed by atoms with Gasteiger partial charge in [-0.05, 0) is 96.4 Å². The number of rotatable bonds is 5. The van der Waals surface area contributed by atoms with Crippen LogP contribution >= 0.6 is 80.4 Å². The van der Waals surface area contributed by atoms with Crippen molar-refractivity contribution >= 4 is 86.1 Å². The Hall–Kier alpha value is 0.180. The average Bonchev–Trinajstić information content (AvgIpc) is 2.52. The van der Waals surface area contributed by atoms with E-state index < -0.39 is 17.4 Å². The van der Waals surface area contributed by atoms with Crippen LogP contribution < -0.4 is 10.5 Å². The molecule has 2 aromatic carbocycles. The molecule has 0 radical (unpaired) electrons. The minimum Gasteiger partial charge on any atom is -0.483 e. The predicted octanol–water partition coefficient (Wildman–Crippen LogP) is 6.15. The number of ether oxygens (including phenoxy) is 1. The summed E-state index contributed by atoms with van der Waals surface area (Å²) in [5.41, 5.74) is 7.92. The molecule has 0 aliphatic carbocycles. The van der Waals surface area contributed by atoms with E-state index in [0.717, 1.165) is 23.3 Å². The first-order chi connectivity index (χ1) is 11.2. The third-order valence-corrected chi connectivity index (χ3v) is 5.19. The Kier molecular flexibility index (Phi) is 7.44. The van der Waals surface area contributed by atoms with Crippen LogP contribution in [0.3, 0.4) is 0 Å². The number of benzene rings is 2. The SMILES string of the molecule is N/C(=C\S)c1cc(F)c(OCc2ccccc2C(I)(I)I)c(F)c1. The van der Waals surface area contributed by atoms with E-state index in [0.29, 0.717) is 0 Å². The van der Waals surface area contributed by atoms with Crippen molar-refractivity contribution in [3.63, 3.8) is 0 Å². The zero-order chi connectivity index (χ0) is 17.9. The van der Waals surface area contributed by atoms with Crippen LogP contribution in [-0.2, 0) is 6.04 Å². The molecule has 0 aliphatic heterocycles. The van der Waals surface area contributed by atoms with E-state index in [1.807, 2.05) is 24.3 Å². The van der Waals surface area contributed by atoms with Gasteiger partial charge in [-0.1, -0.05) is 24.3 Å². The van der Waals surface area contributed by atoms with Gasteiger partial charge in [0.15, 0.2) is 17.4 Å². The monoisotopic (exact) mass is 685 g/mol. The number of hydrogen-bond donors (Lipinski definition) is 2. The van der Waals surface area contributed by atoms with Crippen molar-refractivity contribution in [2.75, 3.05) is 0 Å². The van der Waals surface area contributed by atoms with Crippen LogP contribution in [0.15, 0.2) is 41.8 Å². The van der Waals surface area contributed by atoms with Gasteiger partial charge in [-0.25, -0.2) is 8.78 Å². The van der Waals surface area contributed by atoms with Gasteiger partial charge in [0.25, 0.3) is 0 Å². The van der Waals surface area contributed by atoms with E-state index in [4.69, 9.17) is 10.5 Å². The predicted molar refractivity (Wildman–Crippen MR) is 122 cm³/mol. The number of hydrogen-bond acceptors (Lipinski definition) is 3. The van der Waals surface area contributed by atoms with Gasteiger partial charge in [-0.15, -0.1) is 12.6 Å². The summed E-state index contributed by atoms with van der Waals surface area (Å²) >= 11 is 10.8. The largest absolute Gasteiger partial charge is 0.483 e. The van der Waals surface area contributed by atoms with Gasteiger partial charge in [0, 0.05) is 11.3 Å². The third kappa shape index (κ3) is 5.10. The molecule has 0 fully saturated rings. The minimum absolute atomic E-state index is 0.0675. The lowest BCUT2D eigenvalue weighted by Crippen LogP contribution is -2.08. The summed E-state index contributed by atoms with van der Waals surface area (Å²) in [4.78, 5) is 0. The molecule has 24 heavy (non-hydrogen) atoms. The third-order valence-electron chi connectivity index (χ3n) is 3.17. The van der Waals surface area contributed by atoms with Gasteiger partial charge in [0.05, 0.1) is 0 Å². The molecule has 0 aliphatic rings. The van der Waals surface area contributed by atoms with Gasteiger partial charge in [0.2, 0.25) is 0 Å². The smallest absolute Gasteiger partial charge is 0.191 e. The molecule has 128 valence electrons. The van der Waals surface area contributed by atoms with Gasteiger partial charge in [-0.2, -0.15) is 0 Å². The molecule has 0 bridgehead atoms. The van der Waals surface area contributed by atoms with E-state index in [2.05, 4.69) is 80.4 Å². The molecule has 2 rings (SSSR count). The van der Waals surface area contributed by atoms with E-state index in [1.165, 1.54) is 5.41 Å². The van der Waals surface area contributed by atoms with Gasteiger partial charge in [0.1, 0.15) is 6.04 Å². The second-order valence-corrected chi connectivity index (χ2v) is 16.1. The van der Waals surface area contributed by atoms with Crippen molar-refractivity contribution < 1.29 is 13.5 Å². The number of alkyl halides is 3. The Labute approximate surface area is 185 Å². The summed E-state index contributed by atoms with van der Waals surface area (Å²) in [6, 6.07) is 9.90. The first-order valence-corrected chi connectivity index (χ1v) is 10.4. The topological polar surface area (TPSA) is 35.2 Å². The Balaban J connectivity index is 2.28. The molecule has 2 N–H and O–H groups in total. The molecule has 0 saturated carbocycles. The molecular weight excluding hydrogens is 673 g/mol. The standard InChI is InChI=1S/C16H12F2I3NOS/c17-12-5-10(14(22)8-24)6-13(18)15(12)23-7-9-3-1-2-4-11(9)16(19,20)21/h1-6,8,24H,7,22H2/b14-8-. The van der Waals surface area contributed by atoms with Crippen LogP contribution in [0.2, 0.25) is 0 Å². The van der Waals surface area contributed by atoms with Crippen molar-refractivity contribution in [3.05, 3.63) is 70.1 Å². The van der Waals surface area contributed by atoms with Gasteiger partial charge >= 0.3 is 0 Å². The Bertz CT molecular complexity index is 755. The fourth-order valence-electron chi connectivity index (χ4n) is 2.01. The highest BCUT2D eigenvalue weighted by Gasteiger charge is 2.24. The fourth-order valence-corrected chi connectivity index (χ4v) is 3.74. The first kappa shape index (κ1) is 20.5. The van der Waals surface area contributed by atoms with Crippen LogP contribution in [0.4, 0.5) is 8.78 Å². The van der Waals surface area contributed by atoms with Crippen molar-refractivity contribution in [3.8, 4) is 5.75 Å². The summed E-state index contributed by atoms with van der Waals surface area (Å²) in [6.45, 7) is 0.0675. The molecule has 0 aromatic heterocycles. The molecule has 2 aromatic rings. The average molecular weight is 685 g/mol. The summed E-state index contributed by atoms with van der Waals surface area (Å²) in [6.07, 6.45) is 0. The maximum atomic E-state index is 14.2. The number of halogens is 5. The molecule has 0 atom stereocenters. The Morgan fingerprint density at radius 2 is 1.75 bits per heavy atom. The van der Waals surface area contributed by atoms with Crippen LogP contribution in [0, 0.1) is 11.6 Å². The normalized spacial score (nSPS) is 12.3. The maximum Gasteiger partial charge on any atom is 0.191 e. The van der Waals surface area contributed by atoms with Gasteiger partial charge < -0.3 is 10.5 Å². The molecule has 0 spiro atoms. The van der Waals surface area contributed by atoms with E-state index >= 15 is 0 Å². The van der Waals surface area contributed by atoms with Crippen LogP contribution in [0.25, 0.3) is 5.70 Å². The molecule has 0 heterocycles. The highest BCUT2D eigenvalue weighted by Crippen LogP contribution is 2.47. The van der Waals surface area contributed by atoms with Crippen molar-refractivity contribution in [1.29, 1.82) is 0 Å². The quantitative estimate of drug-likeness (QED) is 0.226. The molecule has 0 amide bonds. The van der Waals surface area contributed by atoms with Crippen LogP contribution in [0.5, 0.6) is 5.75 Å². The first-order valence-electron chi connectivity index (χ1n) is 6.61. The van der Waals surface area contributed by atoms with Crippen LogP contribution in [-0.4, -0.2) is 0 Å². The summed E-state index contributed by atoms with van der Waals surface area (Å²) in [5.74, 6) is -2.02. The Morgan fingerprint density at radius 3 is 2.29 bits per heavy atom. The second kappa shape index (κ2) is 8.71. The lowest BCUT2D eigenvalue weighted by molar-refractivity contribution is 0.273. The zero-order valence-electron chi connectivity index (χ0n) is 12.1. The molecule has 8 heteroatoms. The van der Waals surface area contributed by atoms with E-state index in [1.54, 1.807) is 0 Å². The lowest BCUT2D eigenvalue weighted by atomic mass is 10.1. The van der Waals surface area contributed by atoms with Crippen LogP contribution in [0.1, 0.15) is 16.7 Å². The molecule has 0 saturated heterocycles. The molecular formula is C16H12F2I3NOS. The summed E-state index contributed by atoms with van der Waals surface area (Å²) < 4.78 is 33.6. The summed E-state index contributed by atoms with van der Waals surface area (Å²) in [7, 11) is 0. The molecule has 2 nitrogen and oxygen atoms in total. The lowest BCUT2D eigenvalue weighted by Gasteiger charge is -2.18. The highest BCUT2D eigenvalue weighted by molar-refractivity contribution is 14.3. The fraction of sp³-hybridized carbons (Fsp3) is 0.125. The van der Waals surface area contributed by atoms with Crippen molar-refractivity contribution in [1.82, 2.24) is 0 Å². The number of thiol groups is 1. The van der Waals surface area contributed by atoms with E-state index in [9.17, 15) is 8.78 Å². The zero-order valence-corrected chi connectivity index (χ0v) is 19.4. The maximum absolute atomic E-state index is 14.2. The minimum atomic E-state index is -0.801. The van der Waals surface area contributed by atoms with Crippen molar-refractivity contribution in [2.24, 2.45) is 5.73 Å². The number of nitrogens with two attached hydrogens (primary N) is 1. The van der Waals surface area contributed by atoms with E-state index in [-0.39, 0.29) is 17.3 Å². The molecule has 0 unspecified atom stereocenters.